The summed E-state index contributed by atoms with van der Waals surface area (Å²) in [6.45, 7) is 8.23. The molecule has 0 aromatic heterocycles. The van der Waals surface area contributed by atoms with Gasteiger partial charge in [-0.1, -0.05) is 18.2 Å². The van der Waals surface area contributed by atoms with Crippen molar-refractivity contribution in [2.45, 2.75) is 51.8 Å². The van der Waals surface area contributed by atoms with Gasteiger partial charge in [-0.3, -0.25) is 5.32 Å². The maximum Gasteiger partial charge on any atom is 0.129 e. The van der Waals surface area contributed by atoms with Crippen LogP contribution >= 0.6 is 0 Å². The molecule has 18 heavy (non-hydrogen) atoms. The number of rotatable bonds is 3. The van der Waals surface area contributed by atoms with Gasteiger partial charge in [0.1, 0.15) is 17.4 Å². The SMILES string of the molecule is CC(C)NC(C#N)c1cccc2c1OC(C)(C)C2. The zero-order valence-electron chi connectivity index (χ0n) is 11.4. The molecular weight excluding hydrogens is 224 g/mol. The lowest BCUT2D eigenvalue weighted by Crippen LogP contribution is -2.28. The third kappa shape index (κ3) is 2.49. The largest absolute Gasteiger partial charge is 0.487 e. The monoisotopic (exact) mass is 244 g/mol. The lowest BCUT2D eigenvalue weighted by atomic mass is 9.98. The molecule has 0 spiro atoms. The lowest BCUT2D eigenvalue weighted by Gasteiger charge is -2.21. The van der Waals surface area contributed by atoms with Gasteiger partial charge in [0, 0.05) is 18.0 Å². The normalized spacial score (nSPS) is 18.0. The number of nitrogens with one attached hydrogen (secondary N) is 1. The second-order valence-corrected chi connectivity index (χ2v) is 5.76. The van der Waals surface area contributed by atoms with E-state index in [0.29, 0.717) is 0 Å². The minimum absolute atomic E-state index is 0.170. The van der Waals surface area contributed by atoms with Crippen molar-refractivity contribution in [3.63, 3.8) is 0 Å². The first-order valence-corrected chi connectivity index (χ1v) is 6.39. The predicted octanol–water partition coefficient (Wildman–Crippen LogP) is 2.96. The molecule has 2 rings (SSSR count). The van der Waals surface area contributed by atoms with Gasteiger partial charge in [0.2, 0.25) is 0 Å². The number of nitriles is 1. The van der Waals surface area contributed by atoms with Crippen LogP contribution in [0.25, 0.3) is 0 Å². The Kier molecular flexibility index (Phi) is 3.32. The molecule has 0 fully saturated rings. The molecule has 0 aliphatic carbocycles. The van der Waals surface area contributed by atoms with Crippen LogP contribution in [0, 0.1) is 11.3 Å². The van der Waals surface area contributed by atoms with Crippen molar-refractivity contribution in [3.05, 3.63) is 29.3 Å². The van der Waals surface area contributed by atoms with Gasteiger partial charge in [0.05, 0.1) is 6.07 Å². The van der Waals surface area contributed by atoms with E-state index in [1.54, 1.807) is 0 Å². The fourth-order valence-corrected chi connectivity index (χ4v) is 2.40. The number of fused-ring (bicyclic) bond motifs is 1. The van der Waals surface area contributed by atoms with Gasteiger partial charge >= 0.3 is 0 Å². The van der Waals surface area contributed by atoms with Gasteiger partial charge in [-0.25, -0.2) is 0 Å². The highest BCUT2D eigenvalue weighted by Crippen LogP contribution is 2.39. The Morgan fingerprint density at radius 3 is 2.72 bits per heavy atom. The molecule has 1 N–H and O–H groups in total. The van der Waals surface area contributed by atoms with E-state index >= 15 is 0 Å². The maximum absolute atomic E-state index is 9.32. The van der Waals surface area contributed by atoms with Gasteiger partial charge in [-0.2, -0.15) is 5.26 Å². The molecule has 96 valence electrons. The summed E-state index contributed by atoms with van der Waals surface area (Å²) in [6, 6.07) is 8.33. The molecule has 1 aromatic rings. The van der Waals surface area contributed by atoms with E-state index < -0.39 is 0 Å². The Morgan fingerprint density at radius 1 is 1.39 bits per heavy atom. The molecule has 1 atom stereocenters. The van der Waals surface area contributed by atoms with Crippen molar-refractivity contribution < 1.29 is 4.74 Å². The number of hydrogen-bond donors (Lipinski definition) is 1. The van der Waals surface area contributed by atoms with E-state index in [4.69, 9.17) is 4.74 Å². The number of nitrogens with zero attached hydrogens (tertiary/aromatic N) is 1. The second-order valence-electron chi connectivity index (χ2n) is 5.76. The van der Waals surface area contributed by atoms with Crippen molar-refractivity contribution in [2.24, 2.45) is 0 Å². The fraction of sp³-hybridized carbons (Fsp3) is 0.533. The van der Waals surface area contributed by atoms with Crippen molar-refractivity contribution in [3.8, 4) is 11.8 Å². The number of ether oxygens (including phenoxy) is 1. The standard InChI is InChI=1S/C15H20N2O/c1-10(2)17-13(9-16)12-7-5-6-11-8-15(3,4)18-14(11)12/h5-7,10,13,17H,8H2,1-4H3. The van der Waals surface area contributed by atoms with Gasteiger partial charge in [-0.15, -0.1) is 0 Å². The Bertz CT molecular complexity index is 486. The molecule has 1 unspecified atom stereocenters. The molecule has 1 aromatic carbocycles. The summed E-state index contributed by atoms with van der Waals surface area (Å²) in [5, 5.41) is 12.6. The van der Waals surface area contributed by atoms with Crippen LogP contribution in [0.15, 0.2) is 18.2 Å². The third-order valence-corrected chi connectivity index (χ3v) is 3.06. The van der Waals surface area contributed by atoms with Crippen LogP contribution in [-0.4, -0.2) is 11.6 Å². The molecule has 1 aliphatic heterocycles. The first-order chi connectivity index (χ1) is 8.43. The quantitative estimate of drug-likeness (QED) is 0.889. The average molecular weight is 244 g/mol. The molecule has 0 saturated heterocycles. The highest BCUT2D eigenvalue weighted by Gasteiger charge is 2.33. The predicted molar refractivity (Wildman–Crippen MR) is 71.5 cm³/mol. The summed E-state index contributed by atoms with van der Waals surface area (Å²) >= 11 is 0. The van der Waals surface area contributed by atoms with E-state index in [-0.39, 0.29) is 17.7 Å². The van der Waals surface area contributed by atoms with Crippen molar-refractivity contribution in [2.75, 3.05) is 0 Å². The first kappa shape index (κ1) is 12.9. The zero-order chi connectivity index (χ0) is 13.3. The van der Waals surface area contributed by atoms with E-state index in [9.17, 15) is 5.26 Å². The minimum Gasteiger partial charge on any atom is -0.487 e. The fourth-order valence-electron chi connectivity index (χ4n) is 2.40. The summed E-state index contributed by atoms with van der Waals surface area (Å²) in [5.41, 5.74) is 1.98. The van der Waals surface area contributed by atoms with E-state index in [1.165, 1.54) is 5.56 Å². The number of para-hydroxylation sites is 1. The van der Waals surface area contributed by atoms with E-state index in [2.05, 4.69) is 31.3 Å². The van der Waals surface area contributed by atoms with Gasteiger partial charge in [-0.05, 0) is 33.3 Å². The Labute approximate surface area is 109 Å². The lowest BCUT2D eigenvalue weighted by molar-refractivity contribution is 0.136. The van der Waals surface area contributed by atoms with E-state index in [1.807, 2.05) is 26.0 Å². The smallest absolute Gasteiger partial charge is 0.129 e. The van der Waals surface area contributed by atoms with Gasteiger partial charge in [0.15, 0.2) is 0 Å². The van der Waals surface area contributed by atoms with Crippen LogP contribution in [0.5, 0.6) is 5.75 Å². The van der Waals surface area contributed by atoms with Crippen LogP contribution in [0.2, 0.25) is 0 Å². The van der Waals surface area contributed by atoms with Crippen LogP contribution < -0.4 is 10.1 Å². The molecule has 3 heteroatoms. The minimum atomic E-state index is -0.311. The van der Waals surface area contributed by atoms with Crippen molar-refractivity contribution >= 4 is 0 Å². The molecule has 1 heterocycles. The molecule has 0 radical (unpaired) electrons. The summed E-state index contributed by atoms with van der Waals surface area (Å²) in [4.78, 5) is 0. The van der Waals surface area contributed by atoms with Crippen LogP contribution in [-0.2, 0) is 6.42 Å². The van der Waals surface area contributed by atoms with Crippen LogP contribution in [0.3, 0.4) is 0 Å². The summed E-state index contributed by atoms with van der Waals surface area (Å²) < 4.78 is 6.00. The molecule has 0 amide bonds. The average Bonchev–Trinajstić information content (AvgIpc) is 2.59. The molecule has 1 aliphatic rings. The Morgan fingerprint density at radius 2 is 2.11 bits per heavy atom. The summed E-state index contributed by atoms with van der Waals surface area (Å²) in [5.74, 6) is 0.891. The molecule has 0 saturated carbocycles. The molecule has 3 nitrogen and oxygen atoms in total. The number of benzene rings is 1. The summed E-state index contributed by atoms with van der Waals surface area (Å²) in [7, 11) is 0. The van der Waals surface area contributed by atoms with Gasteiger partial charge in [0.25, 0.3) is 0 Å². The maximum atomic E-state index is 9.32. The second kappa shape index (κ2) is 4.62. The van der Waals surface area contributed by atoms with Crippen molar-refractivity contribution in [1.29, 1.82) is 5.26 Å². The highest BCUT2D eigenvalue weighted by molar-refractivity contribution is 5.48. The topological polar surface area (TPSA) is 45.0 Å². The Hall–Kier alpha value is -1.53. The van der Waals surface area contributed by atoms with Gasteiger partial charge < -0.3 is 4.74 Å². The Balaban J connectivity index is 2.37. The first-order valence-electron chi connectivity index (χ1n) is 6.39. The van der Waals surface area contributed by atoms with Crippen molar-refractivity contribution in [1.82, 2.24) is 5.32 Å². The number of hydrogen-bond acceptors (Lipinski definition) is 3. The van der Waals surface area contributed by atoms with Crippen LogP contribution in [0.4, 0.5) is 0 Å². The third-order valence-electron chi connectivity index (χ3n) is 3.06. The molecule has 0 bridgehead atoms. The van der Waals surface area contributed by atoms with E-state index in [0.717, 1.165) is 17.7 Å². The summed E-state index contributed by atoms with van der Waals surface area (Å²) in [6.07, 6.45) is 0.899. The highest BCUT2D eigenvalue weighted by atomic mass is 16.5. The van der Waals surface area contributed by atoms with Crippen LogP contribution in [0.1, 0.15) is 44.9 Å². The zero-order valence-corrected chi connectivity index (χ0v) is 11.4. The molecular formula is C15H20N2O.